The number of hydrogen-bond donors (Lipinski definition) is 2. The lowest BCUT2D eigenvalue weighted by Crippen LogP contribution is -2.33. The molecule has 1 aromatic carbocycles. The first-order valence-electron chi connectivity index (χ1n) is 10.0. The van der Waals surface area contributed by atoms with Gasteiger partial charge in [0, 0.05) is 24.0 Å². The summed E-state index contributed by atoms with van der Waals surface area (Å²) in [4.78, 5) is 21.5. The maximum atomic E-state index is 13.0. The maximum Gasteiger partial charge on any atom is 0.256 e. The third kappa shape index (κ3) is 4.63. The molecule has 0 radical (unpaired) electrons. The summed E-state index contributed by atoms with van der Waals surface area (Å²) >= 11 is 0. The number of amides is 1. The fourth-order valence-corrected chi connectivity index (χ4v) is 3.42. The van der Waals surface area contributed by atoms with Gasteiger partial charge in [0.25, 0.3) is 5.91 Å². The lowest BCUT2D eigenvalue weighted by Gasteiger charge is -2.16. The van der Waals surface area contributed by atoms with E-state index >= 15 is 0 Å². The third-order valence-corrected chi connectivity index (χ3v) is 5.06. The number of nitrogens with zero attached hydrogens (tertiary/aromatic N) is 4. The van der Waals surface area contributed by atoms with E-state index in [1.165, 1.54) is 12.7 Å². The summed E-state index contributed by atoms with van der Waals surface area (Å²) in [7, 11) is 1.50. The molecule has 1 unspecified atom stereocenters. The van der Waals surface area contributed by atoms with Crippen molar-refractivity contribution in [2.24, 2.45) is 0 Å². The quantitative estimate of drug-likeness (QED) is 0.479. The summed E-state index contributed by atoms with van der Waals surface area (Å²) in [6.45, 7) is 1.99. The molecule has 3 heterocycles. The molecule has 0 saturated heterocycles. The summed E-state index contributed by atoms with van der Waals surface area (Å²) < 4.78 is 6.92. The van der Waals surface area contributed by atoms with Crippen molar-refractivity contribution in [2.75, 3.05) is 12.8 Å². The Kier molecular flexibility index (Phi) is 5.79. The number of carbonyl (C=O) groups excluding carboxylic acids is 1. The van der Waals surface area contributed by atoms with Crippen LogP contribution < -0.4 is 15.8 Å². The van der Waals surface area contributed by atoms with E-state index in [9.17, 15) is 4.79 Å². The van der Waals surface area contributed by atoms with E-state index in [0.29, 0.717) is 11.2 Å². The molecule has 0 aliphatic heterocycles. The van der Waals surface area contributed by atoms with E-state index in [4.69, 9.17) is 10.5 Å². The second kappa shape index (κ2) is 8.83. The Hall–Kier alpha value is -3.94. The smallest absolute Gasteiger partial charge is 0.256 e. The third-order valence-electron chi connectivity index (χ3n) is 5.06. The van der Waals surface area contributed by atoms with Crippen LogP contribution in [0.15, 0.2) is 60.9 Å². The molecule has 0 bridgehead atoms. The van der Waals surface area contributed by atoms with Gasteiger partial charge in [0.2, 0.25) is 11.8 Å². The zero-order chi connectivity index (χ0) is 21.8. The molecule has 31 heavy (non-hydrogen) atoms. The molecular weight excluding hydrogens is 392 g/mol. The number of fused-ring (bicyclic) bond motifs is 1. The summed E-state index contributed by atoms with van der Waals surface area (Å²) in [5, 5.41) is 7.13. The standard InChI is InChI=1S/C23H24N6O2/c1-15(8-9-16-6-4-3-5-7-16)26-21(30)19-12-18(14-25-22(19)31-2)17-10-11-29-20(13-17)27-23(24)28-29/h3-7,10-15H,8-9H2,1-2H3,(H2,24,28)(H,26,30). The Labute approximate surface area is 180 Å². The molecule has 0 aliphatic rings. The van der Waals surface area contributed by atoms with E-state index in [1.54, 1.807) is 23.0 Å². The highest BCUT2D eigenvalue weighted by Crippen LogP contribution is 2.25. The number of pyridine rings is 2. The number of carbonyl (C=O) groups is 1. The lowest BCUT2D eigenvalue weighted by molar-refractivity contribution is 0.0934. The van der Waals surface area contributed by atoms with Gasteiger partial charge in [-0.05, 0) is 49.1 Å². The maximum absolute atomic E-state index is 13.0. The number of hydrogen-bond acceptors (Lipinski definition) is 6. The van der Waals surface area contributed by atoms with Crippen LogP contribution in [0.2, 0.25) is 0 Å². The molecule has 1 amide bonds. The van der Waals surface area contributed by atoms with Crippen LogP contribution in [0.4, 0.5) is 5.95 Å². The largest absolute Gasteiger partial charge is 0.480 e. The van der Waals surface area contributed by atoms with Crippen LogP contribution in [-0.4, -0.2) is 38.6 Å². The van der Waals surface area contributed by atoms with Gasteiger partial charge in [-0.3, -0.25) is 4.79 Å². The molecule has 8 nitrogen and oxygen atoms in total. The lowest BCUT2D eigenvalue weighted by atomic mass is 10.0. The van der Waals surface area contributed by atoms with Crippen LogP contribution in [0.25, 0.3) is 16.8 Å². The number of nitrogens with one attached hydrogen (secondary N) is 1. The van der Waals surface area contributed by atoms with Crippen molar-refractivity contribution in [1.29, 1.82) is 0 Å². The number of aromatic nitrogens is 4. The second-order valence-corrected chi connectivity index (χ2v) is 7.37. The van der Waals surface area contributed by atoms with Gasteiger partial charge in [0.15, 0.2) is 5.65 Å². The van der Waals surface area contributed by atoms with Gasteiger partial charge in [-0.1, -0.05) is 30.3 Å². The second-order valence-electron chi connectivity index (χ2n) is 7.37. The highest BCUT2D eigenvalue weighted by molar-refractivity contribution is 5.97. The number of ether oxygens (including phenoxy) is 1. The molecular formula is C23H24N6O2. The van der Waals surface area contributed by atoms with Crippen molar-refractivity contribution in [3.8, 4) is 17.0 Å². The zero-order valence-electron chi connectivity index (χ0n) is 17.4. The first-order chi connectivity index (χ1) is 15.0. The molecule has 3 aromatic heterocycles. The molecule has 8 heteroatoms. The molecule has 3 N–H and O–H groups in total. The molecule has 0 fully saturated rings. The SMILES string of the molecule is COc1ncc(-c2ccn3nc(N)nc3c2)cc1C(=O)NC(C)CCc1ccccc1. The monoisotopic (exact) mass is 416 g/mol. The summed E-state index contributed by atoms with van der Waals surface area (Å²) in [6.07, 6.45) is 5.15. The Bertz CT molecular complexity index is 1210. The molecule has 158 valence electrons. The number of methoxy groups -OCH3 is 1. The van der Waals surface area contributed by atoms with E-state index in [-0.39, 0.29) is 23.8 Å². The van der Waals surface area contributed by atoms with Gasteiger partial charge in [0.05, 0.1) is 7.11 Å². The van der Waals surface area contributed by atoms with Crippen LogP contribution in [0.3, 0.4) is 0 Å². The number of nitrogens with two attached hydrogens (primary N) is 1. The van der Waals surface area contributed by atoms with Crippen molar-refractivity contribution >= 4 is 17.5 Å². The van der Waals surface area contributed by atoms with E-state index in [1.807, 2.05) is 37.3 Å². The molecule has 4 aromatic rings. The van der Waals surface area contributed by atoms with Crippen LogP contribution in [0.5, 0.6) is 5.88 Å². The topological polar surface area (TPSA) is 107 Å². The minimum atomic E-state index is -0.223. The Balaban J connectivity index is 1.52. The van der Waals surface area contributed by atoms with Gasteiger partial charge in [0.1, 0.15) is 5.56 Å². The average Bonchev–Trinajstić information content (AvgIpc) is 3.17. The molecule has 1 atom stereocenters. The van der Waals surface area contributed by atoms with Crippen molar-refractivity contribution in [1.82, 2.24) is 24.9 Å². The zero-order valence-corrected chi connectivity index (χ0v) is 17.4. The fraction of sp³-hybridized carbons (Fsp3) is 0.217. The van der Waals surface area contributed by atoms with Crippen LogP contribution in [0.1, 0.15) is 29.3 Å². The first-order valence-corrected chi connectivity index (χ1v) is 10.0. The Morgan fingerprint density at radius 1 is 1.19 bits per heavy atom. The highest BCUT2D eigenvalue weighted by atomic mass is 16.5. The minimum Gasteiger partial charge on any atom is -0.480 e. The normalized spacial score (nSPS) is 11.9. The van der Waals surface area contributed by atoms with E-state index in [0.717, 1.165) is 24.0 Å². The first kappa shape index (κ1) is 20.3. The molecule has 0 saturated carbocycles. The number of anilines is 1. The van der Waals surface area contributed by atoms with Crippen LogP contribution in [-0.2, 0) is 6.42 Å². The van der Waals surface area contributed by atoms with E-state index in [2.05, 4.69) is 32.5 Å². The Morgan fingerprint density at radius 3 is 2.77 bits per heavy atom. The van der Waals surface area contributed by atoms with Crippen molar-refractivity contribution in [3.63, 3.8) is 0 Å². The van der Waals surface area contributed by atoms with Gasteiger partial charge >= 0.3 is 0 Å². The number of rotatable bonds is 7. The number of benzene rings is 1. The van der Waals surface area contributed by atoms with E-state index < -0.39 is 0 Å². The summed E-state index contributed by atoms with van der Waals surface area (Å²) in [6, 6.07) is 15.7. The summed E-state index contributed by atoms with van der Waals surface area (Å²) in [5.74, 6) is 0.262. The molecule has 0 aliphatic carbocycles. The predicted octanol–water partition coefficient (Wildman–Crippen LogP) is 3.13. The average molecular weight is 416 g/mol. The minimum absolute atomic E-state index is 0.00335. The van der Waals surface area contributed by atoms with Crippen LogP contribution >= 0.6 is 0 Å². The fourth-order valence-electron chi connectivity index (χ4n) is 3.42. The molecule has 0 spiro atoms. The summed E-state index contributed by atoms with van der Waals surface area (Å²) in [5.41, 5.74) is 9.53. The highest BCUT2D eigenvalue weighted by Gasteiger charge is 2.17. The number of nitrogen functional groups attached to an aromatic ring is 1. The van der Waals surface area contributed by atoms with Gasteiger partial charge in [-0.2, -0.15) is 4.98 Å². The van der Waals surface area contributed by atoms with Gasteiger partial charge < -0.3 is 15.8 Å². The van der Waals surface area contributed by atoms with Crippen molar-refractivity contribution < 1.29 is 9.53 Å². The van der Waals surface area contributed by atoms with Crippen molar-refractivity contribution in [3.05, 3.63) is 72.1 Å². The Morgan fingerprint density at radius 2 is 2.00 bits per heavy atom. The van der Waals surface area contributed by atoms with Crippen molar-refractivity contribution in [2.45, 2.75) is 25.8 Å². The molecule has 4 rings (SSSR count). The van der Waals surface area contributed by atoms with Gasteiger partial charge in [-0.25, -0.2) is 9.50 Å². The number of aryl methyl sites for hydroxylation is 1. The van der Waals surface area contributed by atoms with Crippen LogP contribution in [0, 0.1) is 0 Å². The van der Waals surface area contributed by atoms with Gasteiger partial charge in [-0.15, -0.1) is 5.10 Å². The predicted molar refractivity (Wildman–Crippen MR) is 119 cm³/mol.